The van der Waals surface area contributed by atoms with Gasteiger partial charge in [0.2, 0.25) is 5.91 Å². The fraction of sp³-hybridized carbons (Fsp3) is 0.300. The molecule has 0 saturated heterocycles. The highest BCUT2D eigenvalue weighted by Gasteiger charge is 2.04. The van der Waals surface area contributed by atoms with Crippen LogP contribution in [0.25, 0.3) is 0 Å². The maximum atomic E-state index is 11.2. The van der Waals surface area contributed by atoms with Crippen molar-refractivity contribution in [1.29, 1.82) is 0 Å². The monoisotopic (exact) mass is 191 g/mol. The third kappa shape index (κ3) is 2.80. The van der Waals surface area contributed by atoms with Gasteiger partial charge in [-0.15, -0.1) is 0 Å². The minimum atomic E-state index is -0.00264. The van der Waals surface area contributed by atoms with Gasteiger partial charge >= 0.3 is 0 Å². The van der Waals surface area contributed by atoms with Crippen LogP contribution in [0.5, 0.6) is 5.75 Å². The standard InChI is InChI=1S/C10H14BNO2/c1-2-14-9-6-4-3-5-8(9)12-10(13)7-11/h3-6H,2,7,11H2,1H3,(H,12,13). The van der Waals surface area contributed by atoms with Gasteiger partial charge in [0.1, 0.15) is 13.6 Å². The molecule has 0 heterocycles. The molecule has 1 amide bonds. The van der Waals surface area contributed by atoms with Crippen molar-refractivity contribution in [3.63, 3.8) is 0 Å². The van der Waals surface area contributed by atoms with Crippen molar-refractivity contribution in [2.75, 3.05) is 11.9 Å². The van der Waals surface area contributed by atoms with E-state index in [1.807, 2.05) is 39.0 Å². The van der Waals surface area contributed by atoms with Gasteiger partial charge in [-0.1, -0.05) is 12.1 Å². The first kappa shape index (κ1) is 10.6. The second kappa shape index (κ2) is 5.32. The Bertz CT molecular complexity index is 315. The summed E-state index contributed by atoms with van der Waals surface area (Å²) in [6.45, 7) is 2.51. The lowest BCUT2D eigenvalue weighted by molar-refractivity contribution is -0.114. The van der Waals surface area contributed by atoms with E-state index in [2.05, 4.69) is 5.32 Å². The van der Waals surface area contributed by atoms with Crippen LogP contribution in [0.4, 0.5) is 5.69 Å². The van der Waals surface area contributed by atoms with Crippen LogP contribution >= 0.6 is 0 Å². The zero-order chi connectivity index (χ0) is 10.4. The number of carbonyl (C=O) groups excluding carboxylic acids is 1. The van der Waals surface area contributed by atoms with Crippen molar-refractivity contribution in [3.05, 3.63) is 24.3 Å². The maximum Gasteiger partial charge on any atom is 0.216 e. The summed E-state index contributed by atoms with van der Waals surface area (Å²) >= 11 is 0. The first-order chi connectivity index (χ1) is 6.77. The highest BCUT2D eigenvalue weighted by atomic mass is 16.5. The van der Waals surface area contributed by atoms with Gasteiger partial charge in [0.25, 0.3) is 0 Å². The molecule has 0 aliphatic rings. The predicted molar refractivity (Wildman–Crippen MR) is 59.6 cm³/mol. The molecule has 4 heteroatoms. The molecule has 1 rings (SSSR count). The van der Waals surface area contributed by atoms with Crippen LogP contribution in [-0.2, 0) is 4.79 Å². The molecule has 14 heavy (non-hydrogen) atoms. The van der Waals surface area contributed by atoms with E-state index in [1.165, 1.54) is 0 Å². The lowest BCUT2D eigenvalue weighted by atomic mass is 10.0. The number of amides is 1. The maximum absolute atomic E-state index is 11.2. The van der Waals surface area contributed by atoms with Crippen molar-refractivity contribution in [2.45, 2.75) is 13.2 Å². The number of hydrogen-bond donors (Lipinski definition) is 1. The molecule has 3 nitrogen and oxygen atoms in total. The van der Waals surface area contributed by atoms with Crippen LogP contribution in [0.2, 0.25) is 6.32 Å². The molecular formula is C10H14BNO2. The zero-order valence-corrected chi connectivity index (χ0v) is 8.54. The second-order valence-electron chi connectivity index (χ2n) is 2.83. The summed E-state index contributed by atoms with van der Waals surface area (Å²) in [6.07, 6.45) is 0.473. The van der Waals surface area contributed by atoms with Crippen LogP contribution in [0.15, 0.2) is 24.3 Å². The molecule has 1 aromatic rings. The van der Waals surface area contributed by atoms with Crippen LogP contribution in [0.1, 0.15) is 6.92 Å². The topological polar surface area (TPSA) is 38.3 Å². The van der Waals surface area contributed by atoms with E-state index in [4.69, 9.17) is 4.74 Å². The normalized spacial score (nSPS) is 9.50. The summed E-state index contributed by atoms with van der Waals surface area (Å²) in [7, 11) is 1.82. The fourth-order valence-corrected chi connectivity index (χ4v) is 1.09. The van der Waals surface area contributed by atoms with Gasteiger partial charge in [-0.25, -0.2) is 0 Å². The van der Waals surface area contributed by atoms with Crippen molar-refractivity contribution in [3.8, 4) is 5.75 Å². The van der Waals surface area contributed by atoms with Gasteiger partial charge in [-0.05, 0) is 25.4 Å². The minimum absolute atomic E-state index is 0.00264. The van der Waals surface area contributed by atoms with E-state index in [0.29, 0.717) is 12.9 Å². The number of rotatable bonds is 4. The molecule has 0 radical (unpaired) electrons. The van der Waals surface area contributed by atoms with E-state index >= 15 is 0 Å². The average Bonchev–Trinajstić information content (AvgIpc) is 2.21. The van der Waals surface area contributed by atoms with E-state index in [0.717, 1.165) is 11.4 Å². The Hall–Kier alpha value is -1.45. The molecule has 0 unspecified atom stereocenters. The van der Waals surface area contributed by atoms with Gasteiger partial charge in [0.15, 0.2) is 0 Å². The Morgan fingerprint density at radius 3 is 2.86 bits per heavy atom. The number of ether oxygens (including phenoxy) is 1. The molecule has 0 spiro atoms. The first-order valence-electron chi connectivity index (χ1n) is 4.79. The molecule has 0 aliphatic heterocycles. The van der Waals surface area contributed by atoms with Crippen LogP contribution in [-0.4, -0.2) is 20.4 Å². The summed E-state index contributed by atoms with van der Waals surface area (Å²) < 4.78 is 5.37. The summed E-state index contributed by atoms with van der Waals surface area (Å²) in [6, 6.07) is 7.42. The molecule has 0 fully saturated rings. The van der Waals surface area contributed by atoms with Gasteiger partial charge in [-0.2, -0.15) is 0 Å². The molecule has 0 aromatic heterocycles. The number of para-hydroxylation sites is 2. The number of hydrogen-bond acceptors (Lipinski definition) is 2. The van der Waals surface area contributed by atoms with Crippen molar-refractivity contribution < 1.29 is 9.53 Å². The van der Waals surface area contributed by atoms with Crippen LogP contribution in [0, 0.1) is 0 Å². The number of benzene rings is 1. The fourth-order valence-electron chi connectivity index (χ4n) is 1.09. The molecule has 0 atom stereocenters. The van der Waals surface area contributed by atoms with Crippen molar-refractivity contribution in [2.24, 2.45) is 0 Å². The van der Waals surface area contributed by atoms with E-state index < -0.39 is 0 Å². The molecular weight excluding hydrogens is 177 g/mol. The zero-order valence-electron chi connectivity index (χ0n) is 8.54. The van der Waals surface area contributed by atoms with Gasteiger partial charge in [0, 0.05) is 0 Å². The lowest BCUT2D eigenvalue weighted by Crippen LogP contribution is -2.11. The van der Waals surface area contributed by atoms with Crippen LogP contribution in [0.3, 0.4) is 0 Å². The third-order valence-corrected chi connectivity index (χ3v) is 1.78. The molecule has 1 aromatic carbocycles. The Balaban J connectivity index is 2.78. The van der Waals surface area contributed by atoms with Gasteiger partial charge in [0.05, 0.1) is 12.3 Å². The summed E-state index contributed by atoms with van der Waals surface area (Å²) in [4.78, 5) is 11.2. The predicted octanol–water partition coefficient (Wildman–Crippen LogP) is 1.08. The Morgan fingerprint density at radius 1 is 1.50 bits per heavy atom. The smallest absolute Gasteiger partial charge is 0.216 e. The number of anilines is 1. The van der Waals surface area contributed by atoms with Crippen molar-refractivity contribution in [1.82, 2.24) is 0 Å². The van der Waals surface area contributed by atoms with Crippen molar-refractivity contribution >= 4 is 19.4 Å². The molecule has 0 bridgehead atoms. The highest BCUT2D eigenvalue weighted by molar-refractivity contribution is 6.22. The highest BCUT2D eigenvalue weighted by Crippen LogP contribution is 2.23. The summed E-state index contributed by atoms with van der Waals surface area (Å²) in [5, 5.41) is 2.78. The molecule has 1 N–H and O–H groups in total. The summed E-state index contributed by atoms with van der Waals surface area (Å²) in [5.74, 6) is 0.717. The quantitative estimate of drug-likeness (QED) is 0.723. The minimum Gasteiger partial charge on any atom is -0.492 e. The van der Waals surface area contributed by atoms with Gasteiger partial charge in [-0.3, -0.25) is 4.79 Å². The Morgan fingerprint density at radius 2 is 2.21 bits per heavy atom. The molecule has 0 aliphatic carbocycles. The molecule has 74 valence electrons. The van der Waals surface area contributed by atoms with E-state index in [1.54, 1.807) is 0 Å². The van der Waals surface area contributed by atoms with Gasteiger partial charge < -0.3 is 10.1 Å². The number of nitrogens with one attached hydrogen (secondary N) is 1. The first-order valence-corrected chi connectivity index (χ1v) is 4.79. The summed E-state index contributed by atoms with van der Waals surface area (Å²) in [5.41, 5.74) is 0.737. The largest absolute Gasteiger partial charge is 0.492 e. The number of carbonyl (C=O) groups is 1. The second-order valence-corrected chi connectivity index (χ2v) is 2.83. The van der Waals surface area contributed by atoms with E-state index in [-0.39, 0.29) is 5.91 Å². The third-order valence-electron chi connectivity index (χ3n) is 1.78. The molecule has 0 saturated carbocycles. The lowest BCUT2D eigenvalue weighted by Gasteiger charge is -2.10. The van der Waals surface area contributed by atoms with Crippen LogP contribution < -0.4 is 10.1 Å². The Labute approximate surface area is 84.9 Å². The SMILES string of the molecule is BCC(=O)Nc1ccccc1OCC. The Kier molecular flexibility index (Phi) is 4.04. The van der Waals surface area contributed by atoms with E-state index in [9.17, 15) is 4.79 Å². The average molecular weight is 191 g/mol.